The van der Waals surface area contributed by atoms with Gasteiger partial charge in [0.1, 0.15) is 35.4 Å². The summed E-state index contributed by atoms with van der Waals surface area (Å²) in [7, 11) is 0. The van der Waals surface area contributed by atoms with Gasteiger partial charge in [-0.1, -0.05) is 6.07 Å². The summed E-state index contributed by atoms with van der Waals surface area (Å²) in [5.74, 6) is -1.00. The van der Waals surface area contributed by atoms with E-state index in [0.29, 0.717) is 27.8 Å². The molecule has 0 aromatic heterocycles. The van der Waals surface area contributed by atoms with Crippen molar-refractivity contribution in [1.82, 2.24) is 5.32 Å². The minimum absolute atomic E-state index is 0.0399. The summed E-state index contributed by atoms with van der Waals surface area (Å²) in [6, 6.07) is 13.4. The number of anilines is 1. The summed E-state index contributed by atoms with van der Waals surface area (Å²) in [4.78, 5) is 24.4. The molecule has 2 heterocycles. The summed E-state index contributed by atoms with van der Waals surface area (Å²) in [6.45, 7) is 1.78. The Labute approximate surface area is 244 Å². The number of phenols is 1. The van der Waals surface area contributed by atoms with Gasteiger partial charge in [0.25, 0.3) is 0 Å². The first-order valence-corrected chi connectivity index (χ1v) is 13.4. The number of ether oxygens (including phenoxy) is 2. The van der Waals surface area contributed by atoms with Crippen LogP contribution in [0.25, 0.3) is 33.4 Å². The predicted octanol–water partition coefficient (Wildman–Crippen LogP) is 2.10. The molecule has 2 aromatic rings. The van der Waals surface area contributed by atoms with E-state index in [4.69, 9.17) is 26.1 Å². The van der Waals surface area contributed by atoms with E-state index in [1.165, 1.54) is 30.3 Å². The third-order valence-corrected chi connectivity index (χ3v) is 7.18. The average molecular weight is 597 g/mol. The Balaban J connectivity index is 1.33. The number of nitrogens with one attached hydrogen (secondary N) is 2. The van der Waals surface area contributed by atoms with E-state index in [1.807, 2.05) is 0 Å². The summed E-state index contributed by atoms with van der Waals surface area (Å²) in [6.07, 6.45) is -5.92. The number of hydrogen-bond acceptors (Lipinski definition) is 10. The number of carbonyl (C=O) groups is 1. The van der Waals surface area contributed by atoms with E-state index < -0.39 is 36.7 Å². The molecule has 2 aliphatic heterocycles. The van der Waals surface area contributed by atoms with Gasteiger partial charge in [-0.2, -0.15) is 0 Å². The lowest BCUT2D eigenvalue weighted by atomic mass is 9.90. The highest BCUT2D eigenvalue weighted by Gasteiger charge is 2.42. The van der Waals surface area contributed by atoms with Crippen LogP contribution in [0.5, 0.6) is 5.75 Å². The van der Waals surface area contributed by atoms with Crippen molar-refractivity contribution < 1.29 is 44.2 Å². The Hall–Kier alpha value is -4.11. The smallest absolute Gasteiger partial charge is 0.336 e. The summed E-state index contributed by atoms with van der Waals surface area (Å²) >= 11 is 5.32. The Morgan fingerprint density at radius 3 is 2.52 bits per heavy atom. The first kappa shape index (κ1) is 29.4. The largest absolute Gasteiger partial charge is 0.508 e. The van der Waals surface area contributed by atoms with Crippen molar-refractivity contribution in [3.05, 3.63) is 70.4 Å². The number of benzene rings is 3. The molecule has 1 saturated heterocycles. The molecule has 2 aromatic carbocycles. The van der Waals surface area contributed by atoms with Crippen LogP contribution in [-0.4, -0.2) is 80.5 Å². The second-order valence-corrected chi connectivity index (χ2v) is 10.2. The molecule has 5 rings (SSSR count). The average Bonchev–Trinajstić information content (AvgIpc) is 2.95. The molecular formula is C29H28N2O10S. The second kappa shape index (κ2) is 12.0. The third kappa shape index (κ3) is 5.92. The maximum Gasteiger partial charge on any atom is 0.336 e. The molecule has 13 heteroatoms. The van der Waals surface area contributed by atoms with Crippen molar-refractivity contribution in [1.29, 1.82) is 0 Å². The Kier molecular flexibility index (Phi) is 8.41. The number of hydrogen-bond donors (Lipinski definition) is 7. The summed E-state index contributed by atoms with van der Waals surface area (Å²) in [5, 5.41) is 56.4. The zero-order valence-corrected chi connectivity index (χ0v) is 23.0. The van der Waals surface area contributed by atoms with Gasteiger partial charge in [-0.15, -0.1) is 0 Å². The van der Waals surface area contributed by atoms with Crippen molar-refractivity contribution in [3.63, 3.8) is 0 Å². The Bertz CT molecular complexity index is 1670. The zero-order chi connectivity index (χ0) is 30.1. The highest BCUT2D eigenvalue weighted by atomic mass is 32.1. The number of phenolic OH excluding ortho intramolecular Hbond substituents is 1. The molecule has 220 valence electrons. The van der Waals surface area contributed by atoms with Crippen molar-refractivity contribution in [2.75, 3.05) is 18.5 Å². The van der Waals surface area contributed by atoms with E-state index >= 15 is 0 Å². The molecule has 0 spiro atoms. The molecule has 42 heavy (non-hydrogen) atoms. The van der Waals surface area contributed by atoms with E-state index in [0.717, 1.165) is 0 Å². The first-order chi connectivity index (χ1) is 20.0. The monoisotopic (exact) mass is 596 g/mol. The number of aliphatic hydroxyl groups excluding tert-OH is 3. The molecule has 5 atom stereocenters. The van der Waals surface area contributed by atoms with Crippen molar-refractivity contribution >= 4 is 40.0 Å². The Morgan fingerprint density at radius 1 is 1.00 bits per heavy atom. The molecule has 5 unspecified atom stereocenters. The van der Waals surface area contributed by atoms with Crippen LogP contribution in [0.4, 0.5) is 5.69 Å². The van der Waals surface area contributed by atoms with Crippen LogP contribution in [0.3, 0.4) is 0 Å². The van der Waals surface area contributed by atoms with Crippen molar-refractivity contribution in [2.24, 2.45) is 0 Å². The lowest BCUT2D eigenvalue weighted by Gasteiger charge is -2.38. The minimum atomic E-state index is -1.42. The van der Waals surface area contributed by atoms with Gasteiger partial charge in [0.2, 0.25) is 0 Å². The van der Waals surface area contributed by atoms with E-state index in [-0.39, 0.29) is 46.3 Å². The van der Waals surface area contributed by atoms with Crippen LogP contribution < -0.4 is 16.1 Å². The van der Waals surface area contributed by atoms with Gasteiger partial charge in [0.15, 0.2) is 16.8 Å². The number of fused-ring (bicyclic) bond motifs is 2. The number of aromatic hydroxyl groups is 1. The van der Waals surface area contributed by atoms with E-state index in [2.05, 4.69) is 10.6 Å². The molecule has 0 saturated carbocycles. The molecule has 0 radical (unpaired) electrons. The van der Waals surface area contributed by atoms with Crippen LogP contribution in [0.2, 0.25) is 0 Å². The number of carboxylic acid groups (broad SMARTS) is 1. The van der Waals surface area contributed by atoms with Gasteiger partial charge in [-0.3, -0.25) is 4.79 Å². The molecule has 12 nitrogen and oxygen atoms in total. The van der Waals surface area contributed by atoms with E-state index in [1.54, 1.807) is 31.2 Å². The van der Waals surface area contributed by atoms with Gasteiger partial charge >= 0.3 is 5.97 Å². The fourth-order valence-corrected chi connectivity index (χ4v) is 5.05. The highest BCUT2D eigenvalue weighted by Crippen LogP contribution is 2.42. The fourth-order valence-electron chi connectivity index (χ4n) is 4.83. The number of carboxylic acids is 1. The maximum atomic E-state index is 12.4. The Morgan fingerprint density at radius 2 is 1.76 bits per heavy atom. The SMILES string of the molecule is CC1OC(OCCNC(=S)Nc2ccc(-c3c4ccc(=O)cc-4oc4cc(O)ccc34)c(C(=O)O)c2)C(O)C(O)C1O. The van der Waals surface area contributed by atoms with Crippen molar-refractivity contribution in [3.8, 4) is 28.2 Å². The fraction of sp³-hybridized carbons (Fsp3) is 0.276. The van der Waals surface area contributed by atoms with Crippen LogP contribution in [0, 0.1) is 0 Å². The molecular weight excluding hydrogens is 568 g/mol. The maximum absolute atomic E-state index is 12.4. The van der Waals surface area contributed by atoms with Gasteiger partial charge in [-0.05, 0) is 61.1 Å². The molecule has 1 fully saturated rings. The van der Waals surface area contributed by atoms with Crippen LogP contribution in [0.1, 0.15) is 17.3 Å². The summed E-state index contributed by atoms with van der Waals surface area (Å²) < 4.78 is 16.7. The van der Waals surface area contributed by atoms with Crippen LogP contribution in [0.15, 0.2) is 63.8 Å². The van der Waals surface area contributed by atoms with Crippen LogP contribution >= 0.6 is 12.2 Å². The van der Waals surface area contributed by atoms with E-state index in [9.17, 15) is 35.1 Å². The predicted molar refractivity (Wildman–Crippen MR) is 156 cm³/mol. The van der Waals surface area contributed by atoms with Crippen molar-refractivity contribution in [2.45, 2.75) is 37.6 Å². The standard InChI is InChI=1S/C29H28N2O10S/c1-13-24(34)25(35)26(36)28(40-13)39-9-8-30-29(42)31-14-2-5-17(20(10-14)27(37)38)23-18-6-3-15(32)11-21(18)41-22-12-16(33)4-7-19(22)23/h2-7,10-13,24-26,28,32,34-36H,8-9H2,1H3,(H,37,38)(H2,30,31,42). The quantitative estimate of drug-likeness (QED) is 0.0933. The zero-order valence-electron chi connectivity index (χ0n) is 22.2. The number of thiocarbonyl (C=S) groups is 1. The highest BCUT2D eigenvalue weighted by molar-refractivity contribution is 7.80. The van der Waals surface area contributed by atoms with Gasteiger partial charge in [-0.25, -0.2) is 4.79 Å². The van der Waals surface area contributed by atoms with Gasteiger partial charge < -0.3 is 50.1 Å². The minimum Gasteiger partial charge on any atom is -0.508 e. The molecule has 7 N–H and O–H groups in total. The van der Waals surface area contributed by atoms with Gasteiger partial charge in [0.05, 0.1) is 18.3 Å². The first-order valence-electron chi connectivity index (χ1n) is 13.0. The second-order valence-electron chi connectivity index (χ2n) is 9.81. The number of rotatable bonds is 7. The topological polar surface area (TPSA) is 191 Å². The number of aliphatic hydroxyl groups is 3. The lowest BCUT2D eigenvalue weighted by molar-refractivity contribution is -0.292. The summed E-state index contributed by atoms with van der Waals surface area (Å²) in [5.41, 5.74) is 1.75. The lowest BCUT2D eigenvalue weighted by Crippen LogP contribution is -2.57. The van der Waals surface area contributed by atoms with Gasteiger partial charge in [0, 0.05) is 40.9 Å². The molecule has 0 bridgehead atoms. The normalized spacial score (nSPS) is 22.2. The molecule has 3 aliphatic rings. The molecule has 1 aliphatic carbocycles. The molecule has 0 amide bonds. The van der Waals surface area contributed by atoms with Crippen LogP contribution in [-0.2, 0) is 9.47 Å². The number of aromatic carboxylic acids is 1. The third-order valence-electron chi connectivity index (χ3n) is 6.93.